The maximum atomic E-state index is 11.2. The summed E-state index contributed by atoms with van der Waals surface area (Å²) in [6.07, 6.45) is 0. The van der Waals surface area contributed by atoms with Crippen molar-refractivity contribution >= 4 is 5.78 Å². The van der Waals surface area contributed by atoms with Gasteiger partial charge in [0.05, 0.1) is 5.56 Å². The summed E-state index contributed by atoms with van der Waals surface area (Å²) in [5, 5.41) is 18.2. The Kier molecular flexibility index (Phi) is 2.87. The highest BCUT2D eigenvalue weighted by molar-refractivity contribution is 5.99. The van der Waals surface area contributed by atoms with Crippen molar-refractivity contribution < 1.29 is 19.7 Å². The highest BCUT2D eigenvalue weighted by atomic mass is 16.5. The lowest BCUT2D eigenvalue weighted by Gasteiger charge is -2.02. The van der Waals surface area contributed by atoms with Gasteiger partial charge >= 0.3 is 0 Å². The van der Waals surface area contributed by atoms with Gasteiger partial charge in [0.2, 0.25) is 0 Å². The van der Waals surface area contributed by atoms with E-state index in [1.54, 1.807) is 0 Å². The van der Waals surface area contributed by atoms with E-state index in [1.165, 1.54) is 19.2 Å². The summed E-state index contributed by atoms with van der Waals surface area (Å²) in [6, 6.07) is 3.80. The van der Waals surface area contributed by atoms with Crippen molar-refractivity contribution in [3.63, 3.8) is 0 Å². The molecule has 0 aliphatic heterocycles. The Labute approximate surface area is 75.4 Å². The summed E-state index contributed by atoms with van der Waals surface area (Å²) in [7, 11) is 1.40. The minimum absolute atomic E-state index is 0.0773. The van der Waals surface area contributed by atoms with Crippen LogP contribution < -0.4 is 0 Å². The van der Waals surface area contributed by atoms with Gasteiger partial charge in [-0.2, -0.15) is 0 Å². The molecule has 0 spiro atoms. The summed E-state index contributed by atoms with van der Waals surface area (Å²) in [5.74, 6) is -0.631. The first-order valence-electron chi connectivity index (χ1n) is 3.69. The van der Waals surface area contributed by atoms with E-state index in [-0.39, 0.29) is 29.5 Å². The second kappa shape index (κ2) is 3.91. The number of benzene rings is 1. The summed E-state index contributed by atoms with van der Waals surface area (Å²) >= 11 is 0. The van der Waals surface area contributed by atoms with Crippen LogP contribution in [0.3, 0.4) is 0 Å². The SMILES string of the molecule is COCC(=O)c1ccc(O)cc1O. The van der Waals surface area contributed by atoms with Crippen molar-refractivity contribution in [1.29, 1.82) is 0 Å². The van der Waals surface area contributed by atoms with Crippen molar-refractivity contribution in [2.45, 2.75) is 0 Å². The molecule has 0 fully saturated rings. The molecule has 1 aromatic carbocycles. The fourth-order valence-electron chi connectivity index (χ4n) is 0.965. The Morgan fingerprint density at radius 2 is 2.15 bits per heavy atom. The molecule has 4 nitrogen and oxygen atoms in total. The Balaban J connectivity index is 2.95. The van der Waals surface area contributed by atoms with Gasteiger partial charge in [-0.15, -0.1) is 0 Å². The number of carbonyl (C=O) groups is 1. The largest absolute Gasteiger partial charge is 0.508 e. The number of methoxy groups -OCH3 is 1. The molecule has 1 rings (SSSR count). The van der Waals surface area contributed by atoms with E-state index in [9.17, 15) is 9.90 Å². The molecule has 13 heavy (non-hydrogen) atoms. The lowest BCUT2D eigenvalue weighted by molar-refractivity contribution is 0.0845. The van der Waals surface area contributed by atoms with Crippen LogP contribution in [0.15, 0.2) is 18.2 Å². The van der Waals surface area contributed by atoms with E-state index in [1.807, 2.05) is 0 Å². The third kappa shape index (κ3) is 2.19. The zero-order valence-corrected chi connectivity index (χ0v) is 7.15. The Hall–Kier alpha value is -1.55. The van der Waals surface area contributed by atoms with Crippen LogP contribution in [-0.2, 0) is 4.74 Å². The highest BCUT2D eigenvalue weighted by Crippen LogP contribution is 2.22. The number of aromatic hydroxyl groups is 2. The van der Waals surface area contributed by atoms with Crippen LogP contribution >= 0.6 is 0 Å². The molecule has 0 aliphatic rings. The Morgan fingerprint density at radius 3 is 2.69 bits per heavy atom. The quantitative estimate of drug-likeness (QED) is 0.682. The molecule has 0 unspecified atom stereocenters. The number of ketones is 1. The number of hydrogen-bond donors (Lipinski definition) is 2. The first-order valence-corrected chi connectivity index (χ1v) is 3.69. The van der Waals surface area contributed by atoms with Crippen LogP contribution in [0.2, 0.25) is 0 Å². The van der Waals surface area contributed by atoms with Crippen molar-refractivity contribution in [2.75, 3.05) is 13.7 Å². The molecule has 2 N–H and O–H groups in total. The minimum Gasteiger partial charge on any atom is -0.508 e. The average molecular weight is 182 g/mol. The third-order valence-electron chi connectivity index (χ3n) is 1.56. The molecule has 1 aromatic rings. The maximum absolute atomic E-state index is 11.2. The van der Waals surface area contributed by atoms with Gasteiger partial charge < -0.3 is 14.9 Å². The molecular weight excluding hydrogens is 172 g/mol. The van der Waals surface area contributed by atoms with Gasteiger partial charge in [-0.25, -0.2) is 0 Å². The van der Waals surface area contributed by atoms with E-state index in [0.29, 0.717) is 0 Å². The zero-order chi connectivity index (χ0) is 9.84. The molecule has 0 saturated heterocycles. The molecule has 0 atom stereocenters. The topological polar surface area (TPSA) is 66.8 Å². The second-order valence-electron chi connectivity index (χ2n) is 2.56. The van der Waals surface area contributed by atoms with Crippen LogP contribution in [0.1, 0.15) is 10.4 Å². The zero-order valence-electron chi connectivity index (χ0n) is 7.15. The first kappa shape index (κ1) is 9.54. The monoisotopic (exact) mass is 182 g/mol. The van der Waals surface area contributed by atoms with E-state index in [2.05, 4.69) is 4.74 Å². The Bertz CT molecular complexity index is 319. The van der Waals surface area contributed by atoms with Gasteiger partial charge in [0.15, 0.2) is 5.78 Å². The van der Waals surface area contributed by atoms with Crippen LogP contribution in [0.5, 0.6) is 11.5 Å². The molecule has 0 saturated carbocycles. The van der Waals surface area contributed by atoms with Crippen molar-refractivity contribution in [3.05, 3.63) is 23.8 Å². The minimum atomic E-state index is -0.319. The molecule has 0 bridgehead atoms. The highest BCUT2D eigenvalue weighted by Gasteiger charge is 2.10. The summed E-state index contributed by atoms with van der Waals surface area (Å²) in [6.45, 7) is -0.0850. The van der Waals surface area contributed by atoms with E-state index in [4.69, 9.17) is 5.11 Å². The second-order valence-corrected chi connectivity index (χ2v) is 2.56. The van der Waals surface area contributed by atoms with E-state index < -0.39 is 0 Å². The van der Waals surface area contributed by atoms with Gasteiger partial charge in [0.25, 0.3) is 0 Å². The van der Waals surface area contributed by atoms with Gasteiger partial charge in [-0.3, -0.25) is 4.79 Å². The normalized spacial score (nSPS) is 9.92. The summed E-state index contributed by atoms with van der Waals surface area (Å²) in [4.78, 5) is 11.2. The predicted octanol–water partition coefficient (Wildman–Crippen LogP) is 0.927. The lowest BCUT2D eigenvalue weighted by atomic mass is 10.1. The number of carbonyl (C=O) groups excluding carboxylic acids is 1. The molecule has 0 radical (unpaired) electrons. The molecule has 4 heteroatoms. The van der Waals surface area contributed by atoms with Crippen LogP contribution in [-0.4, -0.2) is 29.7 Å². The maximum Gasteiger partial charge on any atom is 0.192 e. The number of hydrogen-bond acceptors (Lipinski definition) is 4. The van der Waals surface area contributed by atoms with Crippen molar-refractivity contribution in [1.82, 2.24) is 0 Å². The molecule has 0 heterocycles. The molecule has 70 valence electrons. The van der Waals surface area contributed by atoms with Crippen LogP contribution in [0.4, 0.5) is 0 Å². The number of phenolic OH excluding ortho intramolecular Hbond substituents is 2. The lowest BCUT2D eigenvalue weighted by Crippen LogP contribution is -2.06. The Morgan fingerprint density at radius 1 is 1.46 bits per heavy atom. The average Bonchev–Trinajstić information content (AvgIpc) is 2.04. The molecular formula is C9H10O4. The van der Waals surface area contributed by atoms with Crippen molar-refractivity contribution in [2.24, 2.45) is 0 Å². The fraction of sp³-hybridized carbons (Fsp3) is 0.222. The molecule has 0 aromatic heterocycles. The van der Waals surface area contributed by atoms with Gasteiger partial charge in [-0.1, -0.05) is 0 Å². The van der Waals surface area contributed by atoms with Crippen molar-refractivity contribution in [3.8, 4) is 11.5 Å². The smallest absolute Gasteiger partial charge is 0.192 e. The fourth-order valence-corrected chi connectivity index (χ4v) is 0.965. The number of ether oxygens (including phenoxy) is 1. The summed E-state index contributed by atoms with van der Waals surface area (Å²) < 4.78 is 4.62. The molecule has 0 amide bonds. The van der Waals surface area contributed by atoms with Gasteiger partial charge in [-0.05, 0) is 12.1 Å². The van der Waals surface area contributed by atoms with E-state index in [0.717, 1.165) is 6.07 Å². The summed E-state index contributed by atoms with van der Waals surface area (Å²) in [5.41, 5.74) is 0.152. The van der Waals surface area contributed by atoms with Crippen LogP contribution in [0.25, 0.3) is 0 Å². The standard InChI is InChI=1S/C9H10O4/c1-13-5-9(12)7-3-2-6(10)4-8(7)11/h2-4,10-11H,5H2,1H3. The number of rotatable bonds is 3. The van der Waals surface area contributed by atoms with Crippen LogP contribution in [0, 0.1) is 0 Å². The third-order valence-corrected chi connectivity index (χ3v) is 1.56. The van der Waals surface area contributed by atoms with E-state index >= 15 is 0 Å². The van der Waals surface area contributed by atoms with Gasteiger partial charge in [0, 0.05) is 13.2 Å². The predicted molar refractivity (Wildman–Crippen MR) is 46.0 cm³/mol. The molecule has 0 aliphatic carbocycles. The van der Waals surface area contributed by atoms with Gasteiger partial charge in [0.1, 0.15) is 18.1 Å². The number of phenols is 2. The number of Topliss-reactive ketones (excluding diaryl/α,β-unsaturated/α-hetero) is 1. The first-order chi connectivity index (χ1) is 6.15.